The first-order valence-electron chi connectivity index (χ1n) is 3.26. The second-order valence-corrected chi connectivity index (χ2v) is 2.36. The van der Waals surface area contributed by atoms with E-state index in [1.807, 2.05) is 0 Å². The zero-order valence-electron chi connectivity index (χ0n) is 6.02. The van der Waals surface area contributed by atoms with Crippen molar-refractivity contribution in [3.63, 3.8) is 0 Å². The van der Waals surface area contributed by atoms with Gasteiger partial charge >= 0.3 is 0 Å². The molecule has 2 aromatic rings. The smallest absolute Gasteiger partial charge is 0.236 e. The minimum absolute atomic E-state index is 0.201. The Morgan fingerprint density at radius 2 is 2.27 bits per heavy atom. The fraction of sp³-hybridized carbons (Fsp3) is 0.143. The third-order valence-electron chi connectivity index (χ3n) is 1.58. The Hall–Kier alpha value is -1.58. The van der Waals surface area contributed by atoms with Crippen molar-refractivity contribution in [3.8, 4) is 5.88 Å². The highest BCUT2D eigenvalue weighted by atomic mass is 16.3. The van der Waals surface area contributed by atoms with Gasteiger partial charge in [-0.15, -0.1) is 0 Å². The molecule has 0 aliphatic heterocycles. The normalized spacial score (nSPS) is 10.6. The lowest BCUT2D eigenvalue weighted by Crippen LogP contribution is -1.90. The molecule has 0 aliphatic carbocycles. The summed E-state index contributed by atoms with van der Waals surface area (Å²) in [6.07, 6.45) is 4.86. The Balaban J connectivity index is 2.93. The van der Waals surface area contributed by atoms with Crippen LogP contribution in [0, 0.1) is 6.92 Å². The number of hydrogen-bond acceptors (Lipinski definition) is 3. The first-order valence-corrected chi connectivity index (χ1v) is 3.26. The third kappa shape index (κ3) is 0.756. The van der Waals surface area contributed by atoms with Gasteiger partial charge in [0.25, 0.3) is 0 Å². The lowest BCUT2D eigenvalue weighted by Gasteiger charge is -1.98. The van der Waals surface area contributed by atoms with Gasteiger partial charge < -0.3 is 5.11 Å². The summed E-state index contributed by atoms with van der Waals surface area (Å²) < 4.78 is 1.54. The second kappa shape index (κ2) is 1.95. The van der Waals surface area contributed by atoms with Crippen LogP contribution in [0.4, 0.5) is 0 Å². The molecule has 0 aliphatic rings. The van der Waals surface area contributed by atoms with Crippen LogP contribution in [0.5, 0.6) is 5.88 Å². The van der Waals surface area contributed by atoms with E-state index in [-0.39, 0.29) is 5.88 Å². The molecule has 4 heteroatoms. The van der Waals surface area contributed by atoms with Gasteiger partial charge in [0, 0.05) is 24.2 Å². The number of imidazole rings is 1. The van der Waals surface area contributed by atoms with Gasteiger partial charge in [-0.1, -0.05) is 0 Å². The van der Waals surface area contributed by atoms with Crippen LogP contribution in [-0.2, 0) is 0 Å². The number of aryl methyl sites for hydroxylation is 1. The maximum Gasteiger partial charge on any atom is 0.236 e. The number of hydrogen-bond donors (Lipinski definition) is 1. The van der Waals surface area contributed by atoms with Gasteiger partial charge in [-0.25, -0.2) is 9.97 Å². The number of fused-ring (bicyclic) bond motifs is 1. The molecule has 0 fully saturated rings. The standard InChI is InChI=1S/C7H7N3O/c1-5-4-9-7-8-2-3-10(7)6(5)11/h2-4,11H,1H3. The van der Waals surface area contributed by atoms with Crippen LogP contribution in [-0.4, -0.2) is 19.5 Å². The molecule has 2 aromatic heterocycles. The summed E-state index contributed by atoms with van der Waals surface area (Å²) in [5.74, 6) is 0.723. The Bertz CT molecular complexity index is 393. The number of aromatic hydroxyl groups is 1. The van der Waals surface area contributed by atoms with Crippen LogP contribution >= 0.6 is 0 Å². The summed E-state index contributed by atoms with van der Waals surface area (Å²) in [6, 6.07) is 0. The maximum absolute atomic E-state index is 9.43. The molecule has 2 heterocycles. The average molecular weight is 149 g/mol. The lowest BCUT2D eigenvalue weighted by atomic mass is 10.4. The minimum Gasteiger partial charge on any atom is -0.494 e. The first kappa shape index (κ1) is 6.15. The van der Waals surface area contributed by atoms with E-state index in [0.29, 0.717) is 5.78 Å². The fourth-order valence-corrected chi connectivity index (χ4v) is 0.959. The molecular weight excluding hydrogens is 142 g/mol. The molecule has 0 bridgehead atoms. The molecule has 0 saturated heterocycles. The van der Waals surface area contributed by atoms with Gasteiger partial charge in [-0.3, -0.25) is 4.40 Å². The summed E-state index contributed by atoms with van der Waals surface area (Å²) in [7, 11) is 0. The van der Waals surface area contributed by atoms with Crippen LogP contribution in [0.1, 0.15) is 5.56 Å². The Labute approximate surface area is 63.1 Å². The van der Waals surface area contributed by atoms with Crippen LogP contribution in [0.2, 0.25) is 0 Å². The largest absolute Gasteiger partial charge is 0.494 e. The molecule has 0 aromatic carbocycles. The summed E-state index contributed by atoms with van der Waals surface area (Å²) in [5.41, 5.74) is 0.746. The lowest BCUT2D eigenvalue weighted by molar-refractivity contribution is 0.440. The maximum atomic E-state index is 9.43. The van der Waals surface area contributed by atoms with E-state index < -0.39 is 0 Å². The quantitative estimate of drug-likeness (QED) is 0.601. The molecule has 0 amide bonds. The summed E-state index contributed by atoms with van der Waals surface area (Å²) in [4.78, 5) is 7.91. The van der Waals surface area contributed by atoms with E-state index in [1.54, 1.807) is 25.5 Å². The molecule has 11 heavy (non-hydrogen) atoms. The van der Waals surface area contributed by atoms with Gasteiger partial charge in [0.1, 0.15) is 0 Å². The summed E-state index contributed by atoms with van der Waals surface area (Å²) in [6.45, 7) is 1.79. The first-order chi connectivity index (χ1) is 5.29. The minimum atomic E-state index is 0.201. The van der Waals surface area contributed by atoms with Gasteiger partial charge in [0.15, 0.2) is 0 Å². The van der Waals surface area contributed by atoms with Crippen molar-refractivity contribution < 1.29 is 5.11 Å². The fourth-order valence-electron chi connectivity index (χ4n) is 0.959. The van der Waals surface area contributed by atoms with Crippen LogP contribution in [0.3, 0.4) is 0 Å². The summed E-state index contributed by atoms with van der Waals surface area (Å²) in [5, 5.41) is 9.43. The average Bonchev–Trinajstić information content (AvgIpc) is 2.45. The zero-order valence-corrected chi connectivity index (χ0v) is 6.02. The molecule has 2 rings (SSSR count). The van der Waals surface area contributed by atoms with E-state index in [2.05, 4.69) is 9.97 Å². The Kier molecular flexibility index (Phi) is 1.09. The highest BCUT2D eigenvalue weighted by molar-refractivity contribution is 5.36. The summed E-state index contributed by atoms with van der Waals surface area (Å²) >= 11 is 0. The van der Waals surface area contributed by atoms with Crippen LogP contribution < -0.4 is 0 Å². The molecule has 56 valence electrons. The number of nitrogens with zero attached hydrogens (tertiary/aromatic N) is 3. The SMILES string of the molecule is Cc1cnc2nccn2c1O. The van der Waals surface area contributed by atoms with Crippen LogP contribution in [0.25, 0.3) is 5.78 Å². The molecule has 0 unspecified atom stereocenters. The van der Waals surface area contributed by atoms with Crippen molar-refractivity contribution >= 4 is 5.78 Å². The zero-order chi connectivity index (χ0) is 7.84. The van der Waals surface area contributed by atoms with Crippen molar-refractivity contribution in [2.75, 3.05) is 0 Å². The monoisotopic (exact) mass is 149 g/mol. The van der Waals surface area contributed by atoms with Gasteiger partial charge in [-0.2, -0.15) is 0 Å². The van der Waals surface area contributed by atoms with E-state index in [1.165, 1.54) is 4.40 Å². The van der Waals surface area contributed by atoms with E-state index in [9.17, 15) is 5.11 Å². The van der Waals surface area contributed by atoms with Crippen molar-refractivity contribution in [2.24, 2.45) is 0 Å². The Morgan fingerprint density at radius 3 is 3.09 bits per heavy atom. The number of aromatic nitrogens is 3. The topological polar surface area (TPSA) is 50.4 Å². The predicted octanol–water partition coefficient (Wildman–Crippen LogP) is 0.743. The van der Waals surface area contributed by atoms with E-state index in [0.717, 1.165) is 5.56 Å². The van der Waals surface area contributed by atoms with E-state index in [4.69, 9.17) is 0 Å². The van der Waals surface area contributed by atoms with Crippen molar-refractivity contribution in [1.29, 1.82) is 0 Å². The number of rotatable bonds is 0. The van der Waals surface area contributed by atoms with Gasteiger partial charge in [0.05, 0.1) is 0 Å². The van der Waals surface area contributed by atoms with Crippen molar-refractivity contribution in [1.82, 2.24) is 14.4 Å². The molecular formula is C7H7N3O. The molecule has 0 spiro atoms. The van der Waals surface area contributed by atoms with Crippen molar-refractivity contribution in [2.45, 2.75) is 6.92 Å². The molecule has 0 atom stereocenters. The highest BCUT2D eigenvalue weighted by Crippen LogP contribution is 2.14. The van der Waals surface area contributed by atoms with Gasteiger partial charge in [0.2, 0.25) is 11.7 Å². The predicted molar refractivity (Wildman–Crippen MR) is 39.4 cm³/mol. The Morgan fingerprint density at radius 1 is 1.45 bits per heavy atom. The third-order valence-corrected chi connectivity index (χ3v) is 1.58. The molecule has 4 nitrogen and oxygen atoms in total. The molecule has 0 saturated carbocycles. The second-order valence-electron chi connectivity index (χ2n) is 2.36. The van der Waals surface area contributed by atoms with Crippen molar-refractivity contribution in [3.05, 3.63) is 24.2 Å². The highest BCUT2D eigenvalue weighted by Gasteiger charge is 2.01. The molecule has 0 radical (unpaired) electrons. The van der Waals surface area contributed by atoms with Gasteiger partial charge in [-0.05, 0) is 6.92 Å². The van der Waals surface area contributed by atoms with E-state index >= 15 is 0 Å². The molecule has 1 N–H and O–H groups in total. The van der Waals surface area contributed by atoms with Crippen LogP contribution in [0.15, 0.2) is 18.6 Å².